The molecule has 0 bridgehead atoms. The molecule has 162 valence electrons. The van der Waals surface area contributed by atoms with E-state index in [1.807, 2.05) is 0 Å². The van der Waals surface area contributed by atoms with Crippen LogP contribution in [0.4, 0.5) is 0 Å². The molecule has 3 aromatic carbocycles. The summed E-state index contributed by atoms with van der Waals surface area (Å²) in [6.45, 7) is 0. The maximum Gasteiger partial charge on any atom is 0.276 e. The first-order chi connectivity index (χ1) is 15.4. The summed E-state index contributed by atoms with van der Waals surface area (Å²) in [7, 11) is -2.36. The summed E-state index contributed by atoms with van der Waals surface area (Å²) in [5, 5.41) is 15.6. The molecular weight excluding hydrogens is 430 g/mol. The Morgan fingerprint density at radius 1 is 0.938 bits per heavy atom. The predicted octanol–water partition coefficient (Wildman–Crippen LogP) is 3.02. The van der Waals surface area contributed by atoms with Crippen LogP contribution in [0.1, 0.15) is 5.56 Å². The third-order valence-electron chi connectivity index (χ3n) is 4.85. The van der Waals surface area contributed by atoms with Gasteiger partial charge in [-0.25, -0.2) is 9.40 Å². The molecule has 4 rings (SSSR count). The molecule has 8 nitrogen and oxygen atoms in total. The molecule has 2 N–H and O–H groups in total. The average Bonchev–Trinajstić information content (AvgIpc) is 2.82. The van der Waals surface area contributed by atoms with Crippen molar-refractivity contribution in [3.05, 3.63) is 94.8 Å². The van der Waals surface area contributed by atoms with Gasteiger partial charge in [0.05, 0.1) is 29.5 Å². The van der Waals surface area contributed by atoms with Crippen molar-refractivity contribution in [3.8, 4) is 17.3 Å². The Balaban J connectivity index is 1.82. The summed E-state index contributed by atoms with van der Waals surface area (Å²) >= 11 is 0. The first-order valence-electron chi connectivity index (χ1n) is 9.53. The number of benzene rings is 3. The topological polar surface area (TPSA) is 110 Å². The molecule has 32 heavy (non-hydrogen) atoms. The van der Waals surface area contributed by atoms with Crippen LogP contribution >= 0.6 is 0 Å². The van der Waals surface area contributed by atoms with Gasteiger partial charge in [-0.3, -0.25) is 4.79 Å². The molecule has 0 radical (unpaired) electrons. The minimum absolute atomic E-state index is 0.0504. The zero-order valence-corrected chi connectivity index (χ0v) is 17.8. The Morgan fingerprint density at radius 3 is 2.22 bits per heavy atom. The number of rotatable bonds is 6. The van der Waals surface area contributed by atoms with E-state index in [2.05, 4.69) is 9.93 Å². The Bertz CT molecular complexity index is 1460. The van der Waals surface area contributed by atoms with Crippen LogP contribution < -0.4 is 15.1 Å². The van der Waals surface area contributed by atoms with Gasteiger partial charge < -0.3 is 9.84 Å². The number of nitrogens with zero attached hydrogens (tertiary/aromatic N) is 2. The predicted molar refractivity (Wildman–Crippen MR) is 122 cm³/mol. The highest BCUT2D eigenvalue weighted by molar-refractivity contribution is 7.89. The minimum Gasteiger partial charge on any atom is -0.497 e. The van der Waals surface area contributed by atoms with Gasteiger partial charge in [-0.2, -0.15) is 13.5 Å². The van der Waals surface area contributed by atoms with E-state index >= 15 is 0 Å². The van der Waals surface area contributed by atoms with Crippen molar-refractivity contribution in [2.45, 2.75) is 4.90 Å². The lowest BCUT2D eigenvalue weighted by molar-refractivity contribution is 0.414. The fourth-order valence-corrected chi connectivity index (χ4v) is 4.09. The summed E-state index contributed by atoms with van der Waals surface area (Å²) in [6.07, 6.45) is 1.18. The highest BCUT2D eigenvalue weighted by atomic mass is 32.2. The van der Waals surface area contributed by atoms with E-state index in [1.54, 1.807) is 66.7 Å². The Hall–Kier alpha value is -4.11. The van der Waals surface area contributed by atoms with Crippen LogP contribution in [0, 0.1) is 0 Å². The molecule has 0 amide bonds. The van der Waals surface area contributed by atoms with Crippen molar-refractivity contribution < 1.29 is 18.3 Å². The smallest absolute Gasteiger partial charge is 0.276 e. The number of hydrogen-bond acceptors (Lipinski definition) is 6. The summed E-state index contributed by atoms with van der Waals surface area (Å²) in [6, 6.07) is 21.1. The number of hydrogen-bond donors (Lipinski definition) is 2. The average molecular weight is 449 g/mol. The fraction of sp³-hybridized carbons (Fsp3) is 0.0435. The molecule has 0 unspecified atom stereocenters. The van der Waals surface area contributed by atoms with Gasteiger partial charge in [0.25, 0.3) is 15.6 Å². The van der Waals surface area contributed by atoms with E-state index in [-0.39, 0.29) is 16.3 Å². The number of hydrazone groups is 1. The largest absolute Gasteiger partial charge is 0.497 e. The lowest BCUT2D eigenvalue weighted by Crippen LogP contribution is -2.21. The molecule has 0 atom stereocenters. The number of ether oxygens (including phenoxy) is 1. The Labute approximate surface area is 184 Å². The molecule has 1 heterocycles. The van der Waals surface area contributed by atoms with Gasteiger partial charge in [0.2, 0.25) is 5.88 Å². The maximum atomic E-state index is 13.1. The van der Waals surface area contributed by atoms with Crippen LogP contribution in [0.3, 0.4) is 0 Å². The second-order valence-electron chi connectivity index (χ2n) is 6.79. The third kappa shape index (κ3) is 3.93. The second kappa shape index (κ2) is 8.56. The van der Waals surface area contributed by atoms with Crippen molar-refractivity contribution >= 4 is 27.0 Å². The maximum absolute atomic E-state index is 13.1. The Kier molecular flexibility index (Phi) is 5.65. The van der Waals surface area contributed by atoms with Crippen LogP contribution in [-0.2, 0) is 10.0 Å². The Morgan fingerprint density at radius 2 is 1.56 bits per heavy atom. The van der Waals surface area contributed by atoms with Crippen molar-refractivity contribution in [2.75, 3.05) is 7.11 Å². The standard InChI is InChI=1S/C23H19N3O5S/c1-31-17-13-11-16(12-14-17)26-22(27)20-10-6-5-9-19(20)21(23(26)28)15-24-25-32(29,30)18-7-3-2-4-8-18/h2-15,25,28H,1H3. The quantitative estimate of drug-likeness (QED) is 0.347. The summed E-state index contributed by atoms with van der Waals surface area (Å²) < 4.78 is 31.1. The molecule has 0 aliphatic rings. The van der Waals surface area contributed by atoms with E-state index in [9.17, 15) is 18.3 Å². The second-order valence-corrected chi connectivity index (χ2v) is 8.45. The van der Waals surface area contributed by atoms with Crippen molar-refractivity contribution in [3.63, 3.8) is 0 Å². The fourth-order valence-electron chi connectivity index (χ4n) is 3.27. The molecule has 9 heteroatoms. The number of sulfonamides is 1. The van der Waals surface area contributed by atoms with E-state index in [1.165, 1.54) is 25.5 Å². The monoisotopic (exact) mass is 449 g/mol. The van der Waals surface area contributed by atoms with Crippen LogP contribution in [-0.4, -0.2) is 31.4 Å². The zero-order valence-electron chi connectivity index (χ0n) is 17.0. The van der Waals surface area contributed by atoms with Gasteiger partial charge in [0.1, 0.15) is 5.75 Å². The van der Waals surface area contributed by atoms with Gasteiger partial charge in [-0.1, -0.05) is 36.4 Å². The molecule has 1 aromatic heterocycles. The van der Waals surface area contributed by atoms with E-state index in [0.717, 1.165) is 4.57 Å². The highest BCUT2D eigenvalue weighted by Crippen LogP contribution is 2.26. The molecule has 0 fully saturated rings. The normalized spacial score (nSPS) is 11.7. The van der Waals surface area contributed by atoms with Gasteiger partial charge in [0.15, 0.2) is 0 Å². The van der Waals surface area contributed by atoms with Crippen molar-refractivity contribution in [1.29, 1.82) is 0 Å². The van der Waals surface area contributed by atoms with Gasteiger partial charge in [-0.05, 0) is 42.5 Å². The number of nitrogens with one attached hydrogen (secondary N) is 1. The molecule has 0 aliphatic heterocycles. The molecule has 0 saturated carbocycles. The number of pyridine rings is 1. The van der Waals surface area contributed by atoms with Crippen LogP contribution in [0.2, 0.25) is 0 Å². The van der Waals surface area contributed by atoms with E-state index < -0.39 is 15.6 Å². The SMILES string of the molecule is COc1ccc(-n2c(O)c(C=NNS(=O)(=O)c3ccccc3)c3ccccc3c2=O)cc1. The number of methoxy groups -OCH3 is 1. The summed E-state index contributed by atoms with van der Waals surface area (Å²) in [4.78, 5) is 15.3. The molecule has 0 aliphatic carbocycles. The lowest BCUT2D eigenvalue weighted by Gasteiger charge is -2.14. The van der Waals surface area contributed by atoms with Crippen LogP contribution in [0.15, 0.2) is 93.7 Å². The van der Waals surface area contributed by atoms with Crippen molar-refractivity contribution in [1.82, 2.24) is 9.40 Å². The molecule has 0 spiro atoms. The zero-order chi connectivity index (χ0) is 22.7. The summed E-state index contributed by atoms with van der Waals surface area (Å²) in [5.41, 5.74) is 0.177. The molecule has 4 aromatic rings. The summed E-state index contributed by atoms with van der Waals surface area (Å²) in [5.74, 6) is 0.223. The van der Waals surface area contributed by atoms with Gasteiger partial charge in [-0.15, -0.1) is 0 Å². The number of aromatic hydroxyl groups is 1. The molecular formula is C23H19N3O5S. The van der Waals surface area contributed by atoms with Crippen LogP contribution in [0.5, 0.6) is 11.6 Å². The lowest BCUT2D eigenvalue weighted by atomic mass is 10.1. The first kappa shape index (κ1) is 21.1. The number of aromatic nitrogens is 1. The molecule has 0 saturated heterocycles. The first-order valence-corrected chi connectivity index (χ1v) is 11.0. The minimum atomic E-state index is -3.89. The van der Waals surface area contributed by atoms with Gasteiger partial charge in [0, 0.05) is 10.8 Å². The third-order valence-corrected chi connectivity index (χ3v) is 6.09. The number of fused-ring (bicyclic) bond motifs is 1. The van der Waals surface area contributed by atoms with Crippen LogP contribution in [0.25, 0.3) is 16.5 Å². The van der Waals surface area contributed by atoms with Gasteiger partial charge >= 0.3 is 0 Å². The van der Waals surface area contributed by atoms with Crippen molar-refractivity contribution in [2.24, 2.45) is 5.10 Å². The highest BCUT2D eigenvalue weighted by Gasteiger charge is 2.17. The van der Waals surface area contributed by atoms with E-state index in [4.69, 9.17) is 4.74 Å². The van der Waals surface area contributed by atoms with E-state index in [0.29, 0.717) is 22.2 Å².